The van der Waals surface area contributed by atoms with Gasteiger partial charge in [-0.25, -0.2) is 5.43 Å². The van der Waals surface area contributed by atoms with E-state index in [1.807, 2.05) is 0 Å². The topological polar surface area (TPSA) is 70.6 Å². The number of nitrogens with zero attached hydrogens (tertiary/aromatic N) is 1. The fourth-order valence-electron chi connectivity index (χ4n) is 1.84. The molecule has 0 radical (unpaired) electrons. The zero-order valence-electron chi connectivity index (χ0n) is 12.7. The van der Waals surface area contributed by atoms with Crippen LogP contribution in [0.1, 0.15) is 12.5 Å². The van der Waals surface area contributed by atoms with E-state index < -0.39 is 11.8 Å². The SMILES string of the molecule is C/C(=N\NC(=O)C(=O)Nc1cc(Cl)cc(Cl)c1)c1ccc(Cl)cc1Cl. The van der Waals surface area contributed by atoms with Crippen molar-refractivity contribution in [2.24, 2.45) is 5.10 Å². The Morgan fingerprint density at radius 1 is 0.880 bits per heavy atom. The Bertz CT molecular complexity index is 848. The molecule has 2 aromatic rings. The Morgan fingerprint density at radius 2 is 1.52 bits per heavy atom. The molecule has 2 aromatic carbocycles. The first-order valence-electron chi connectivity index (χ1n) is 6.83. The van der Waals surface area contributed by atoms with Crippen molar-refractivity contribution in [1.29, 1.82) is 0 Å². The number of rotatable bonds is 3. The first kappa shape index (κ1) is 19.5. The molecule has 130 valence electrons. The van der Waals surface area contributed by atoms with Gasteiger partial charge in [-0.1, -0.05) is 52.5 Å². The zero-order valence-corrected chi connectivity index (χ0v) is 15.8. The van der Waals surface area contributed by atoms with Crippen molar-refractivity contribution >= 4 is 69.6 Å². The minimum atomic E-state index is -0.958. The van der Waals surface area contributed by atoms with E-state index in [2.05, 4.69) is 15.8 Å². The highest BCUT2D eigenvalue weighted by Gasteiger charge is 2.14. The van der Waals surface area contributed by atoms with E-state index >= 15 is 0 Å². The second-order valence-corrected chi connectivity index (χ2v) is 6.59. The number of hydrogen-bond donors (Lipinski definition) is 2. The highest BCUT2D eigenvalue weighted by Crippen LogP contribution is 2.23. The van der Waals surface area contributed by atoms with Crippen LogP contribution in [-0.2, 0) is 9.59 Å². The van der Waals surface area contributed by atoms with Gasteiger partial charge in [0.1, 0.15) is 0 Å². The lowest BCUT2D eigenvalue weighted by atomic mass is 10.1. The molecule has 0 saturated heterocycles. The fourth-order valence-corrected chi connectivity index (χ4v) is 2.91. The molecule has 2 amide bonds. The van der Waals surface area contributed by atoms with Crippen molar-refractivity contribution in [2.75, 3.05) is 5.32 Å². The van der Waals surface area contributed by atoms with Crippen molar-refractivity contribution in [3.05, 3.63) is 62.1 Å². The van der Waals surface area contributed by atoms with E-state index in [1.54, 1.807) is 25.1 Å². The van der Waals surface area contributed by atoms with Crippen LogP contribution in [0.2, 0.25) is 20.1 Å². The Hall–Kier alpha value is -1.79. The summed E-state index contributed by atoms with van der Waals surface area (Å²) < 4.78 is 0. The number of amides is 2. The average molecular weight is 419 g/mol. The smallest absolute Gasteiger partial charge is 0.318 e. The van der Waals surface area contributed by atoms with Crippen LogP contribution in [0, 0.1) is 0 Å². The molecule has 0 saturated carbocycles. The van der Waals surface area contributed by atoms with Crippen LogP contribution < -0.4 is 10.7 Å². The van der Waals surface area contributed by atoms with Gasteiger partial charge in [0, 0.05) is 26.3 Å². The molecule has 0 spiro atoms. The summed E-state index contributed by atoms with van der Waals surface area (Å²) in [5.74, 6) is -1.88. The summed E-state index contributed by atoms with van der Waals surface area (Å²) in [5.41, 5.74) is 3.43. The van der Waals surface area contributed by atoms with Gasteiger partial charge in [-0.15, -0.1) is 0 Å². The monoisotopic (exact) mass is 417 g/mol. The molecular formula is C16H11Cl4N3O2. The molecule has 9 heteroatoms. The quantitative estimate of drug-likeness (QED) is 0.427. The van der Waals surface area contributed by atoms with Crippen LogP contribution in [0.15, 0.2) is 41.5 Å². The number of hydrogen-bond acceptors (Lipinski definition) is 3. The molecular weight excluding hydrogens is 408 g/mol. The van der Waals surface area contributed by atoms with Gasteiger partial charge in [0.15, 0.2) is 0 Å². The summed E-state index contributed by atoms with van der Waals surface area (Å²) in [6.45, 7) is 1.63. The van der Waals surface area contributed by atoms with Gasteiger partial charge in [-0.3, -0.25) is 9.59 Å². The van der Waals surface area contributed by atoms with Gasteiger partial charge in [0.05, 0.1) is 10.7 Å². The lowest BCUT2D eigenvalue weighted by Gasteiger charge is -2.07. The number of carbonyl (C=O) groups excluding carboxylic acids is 2. The molecule has 0 unspecified atom stereocenters. The first-order chi connectivity index (χ1) is 11.8. The van der Waals surface area contributed by atoms with Crippen LogP contribution >= 0.6 is 46.4 Å². The molecule has 5 nitrogen and oxygen atoms in total. The molecule has 0 aliphatic carbocycles. The summed E-state index contributed by atoms with van der Waals surface area (Å²) in [7, 11) is 0. The Labute approximate surface area is 163 Å². The van der Waals surface area contributed by atoms with Crippen molar-refractivity contribution < 1.29 is 9.59 Å². The van der Waals surface area contributed by atoms with Crippen molar-refractivity contribution in [3.8, 4) is 0 Å². The van der Waals surface area contributed by atoms with Gasteiger partial charge in [-0.2, -0.15) is 5.10 Å². The van der Waals surface area contributed by atoms with Gasteiger partial charge in [0.25, 0.3) is 0 Å². The van der Waals surface area contributed by atoms with Crippen LogP contribution in [0.5, 0.6) is 0 Å². The summed E-state index contributed by atoms with van der Waals surface area (Å²) in [6, 6.07) is 9.27. The van der Waals surface area contributed by atoms with Gasteiger partial charge >= 0.3 is 11.8 Å². The Kier molecular flexibility index (Phi) is 6.67. The Balaban J connectivity index is 2.04. The van der Waals surface area contributed by atoms with Gasteiger partial charge < -0.3 is 5.32 Å². The maximum Gasteiger partial charge on any atom is 0.329 e. The molecule has 0 aliphatic rings. The van der Waals surface area contributed by atoms with Crippen molar-refractivity contribution in [2.45, 2.75) is 6.92 Å². The Morgan fingerprint density at radius 3 is 2.12 bits per heavy atom. The zero-order chi connectivity index (χ0) is 18.6. The molecule has 2 rings (SSSR count). The third-order valence-electron chi connectivity index (χ3n) is 2.97. The second kappa shape index (κ2) is 8.54. The molecule has 25 heavy (non-hydrogen) atoms. The number of benzene rings is 2. The van der Waals surface area contributed by atoms with E-state index in [0.29, 0.717) is 37.1 Å². The maximum atomic E-state index is 11.9. The summed E-state index contributed by atoms with van der Waals surface area (Å²) in [5, 5.41) is 7.74. The third kappa shape index (κ3) is 5.61. The molecule has 0 fully saturated rings. The molecule has 0 atom stereocenters. The van der Waals surface area contributed by atoms with Crippen LogP contribution in [-0.4, -0.2) is 17.5 Å². The number of halogens is 4. The predicted molar refractivity (Wildman–Crippen MR) is 102 cm³/mol. The van der Waals surface area contributed by atoms with Crippen LogP contribution in [0.3, 0.4) is 0 Å². The lowest BCUT2D eigenvalue weighted by molar-refractivity contribution is -0.136. The van der Waals surface area contributed by atoms with E-state index in [-0.39, 0.29) is 0 Å². The first-order valence-corrected chi connectivity index (χ1v) is 8.34. The predicted octanol–water partition coefficient (Wildman–Crippen LogP) is 4.78. The van der Waals surface area contributed by atoms with Gasteiger partial charge in [-0.05, 0) is 37.3 Å². The molecule has 0 aliphatic heterocycles. The highest BCUT2D eigenvalue weighted by molar-refractivity contribution is 6.40. The standard InChI is InChI=1S/C16H11Cl4N3O2/c1-8(13-3-2-9(17)7-14(13)20)22-23-16(25)15(24)21-12-5-10(18)4-11(19)6-12/h2-7H,1H3,(H,21,24)(H,23,25)/b22-8+. The summed E-state index contributed by atoms with van der Waals surface area (Å²) >= 11 is 23.5. The third-order valence-corrected chi connectivity index (χ3v) is 3.96. The number of anilines is 1. The van der Waals surface area contributed by atoms with Crippen LogP contribution in [0.4, 0.5) is 5.69 Å². The van der Waals surface area contributed by atoms with Crippen molar-refractivity contribution in [3.63, 3.8) is 0 Å². The van der Waals surface area contributed by atoms with E-state index in [1.165, 1.54) is 18.2 Å². The highest BCUT2D eigenvalue weighted by atomic mass is 35.5. The van der Waals surface area contributed by atoms with E-state index in [9.17, 15) is 9.59 Å². The van der Waals surface area contributed by atoms with E-state index in [4.69, 9.17) is 46.4 Å². The number of nitrogens with one attached hydrogen (secondary N) is 2. The summed E-state index contributed by atoms with van der Waals surface area (Å²) in [4.78, 5) is 23.7. The molecule has 0 heterocycles. The van der Waals surface area contributed by atoms with Crippen LogP contribution in [0.25, 0.3) is 0 Å². The molecule has 0 aromatic heterocycles. The minimum Gasteiger partial charge on any atom is -0.318 e. The van der Waals surface area contributed by atoms with E-state index in [0.717, 1.165) is 0 Å². The molecule has 2 N–H and O–H groups in total. The number of carbonyl (C=O) groups is 2. The fraction of sp³-hybridized carbons (Fsp3) is 0.0625. The largest absolute Gasteiger partial charge is 0.329 e. The summed E-state index contributed by atoms with van der Waals surface area (Å²) in [6.07, 6.45) is 0. The molecule has 0 bridgehead atoms. The lowest BCUT2D eigenvalue weighted by Crippen LogP contribution is -2.33. The normalized spacial score (nSPS) is 11.2. The van der Waals surface area contributed by atoms with Gasteiger partial charge in [0.2, 0.25) is 0 Å². The second-order valence-electron chi connectivity index (χ2n) is 4.87. The van der Waals surface area contributed by atoms with Crippen molar-refractivity contribution in [1.82, 2.24) is 5.43 Å². The number of hydrazone groups is 1. The minimum absolute atomic E-state index is 0.291. The maximum absolute atomic E-state index is 11.9. The average Bonchev–Trinajstić information content (AvgIpc) is 2.51.